The minimum Gasteiger partial charge on any atom is -0.493 e. The summed E-state index contributed by atoms with van der Waals surface area (Å²) in [6, 6.07) is 7.65. The lowest BCUT2D eigenvalue weighted by atomic mass is 9.80. The van der Waals surface area contributed by atoms with E-state index in [0.717, 1.165) is 66.0 Å². The summed E-state index contributed by atoms with van der Waals surface area (Å²) in [5.41, 5.74) is 6.57. The molecule has 0 bridgehead atoms. The first-order valence-corrected chi connectivity index (χ1v) is 12.8. The van der Waals surface area contributed by atoms with Gasteiger partial charge < -0.3 is 23.8 Å². The van der Waals surface area contributed by atoms with Crippen LogP contribution in [0.4, 0.5) is 0 Å². The van der Waals surface area contributed by atoms with Gasteiger partial charge in [-0.25, -0.2) is 0 Å². The quantitative estimate of drug-likeness (QED) is 0.296. The second kappa shape index (κ2) is 9.25. The number of nitrogens with zero attached hydrogens (tertiary/aromatic N) is 1. The topological polar surface area (TPSA) is 40.2 Å². The van der Waals surface area contributed by atoms with Crippen molar-refractivity contribution in [3.8, 4) is 23.0 Å². The van der Waals surface area contributed by atoms with Crippen LogP contribution < -0.4 is 18.9 Å². The number of unbranched alkanes of at least 4 members (excludes halogenated alkanes) is 2. The van der Waals surface area contributed by atoms with Gasteiger partial charge in [0.25, 0.3) is 0 Å². The van der Waals surface area contributed by atoms with Crippen LogP contribution in [-0.2, 0) is 6.42 Å². The predicted octanol–water partition coefficient (Wildman–Crippen LogP) is 7.16. The van der Waals surface area contributed by atoms with Crippen molar-refractivity contribution >= 4 is 46.1 Å². The van der Waals surface area contributed by atoms with Gasteiger partial charge >= 0.3 is 0 Å². The molecule has 182 valence electrons. The highest BCUT2D eigenvalue weighted by Crippen LogP contribution is 2.59. The predicted molar refractivity (Wildman–Crippen MR) is 137 cm³/mol. The molecule has 8 heteroatoms. The zero-order valence-electron chi connectivity index (χ0n) is 19.6. The van der Waals surface area contributed by atoms with Crippen LogP contribution in [0.25, 0.3) is 11.3 Å². The van der Waals surface area contributed by atoms with Gasteiger partial charge in [-0.15, -0.1) is 0 Å². The Balaban J connectivity index is 1.81. The highest BCUT2D eigenvalue weighted by molar-refractivity contribution is 6.68. The summed E-state index contributed by atoms with van der Waals surface area (Å²) >= 11 is 20.1. The Hall–Kier alpha value is -1.95. The summed E-state index contributed by atoms with van der Waals surface area (Å²) in [6.45, 7) is 3.15. The van der Waals surface area contributed by atoms with Crippen LogP contribution in [-0.4, -0.2) is 36.2 Å². The smallest absolute Gasteiger partial charge is 0.231 e. The molecular weight excluding hydrogens is 497 g/mol. The first kappa shape index (κ1) is 23.8. The maximum absolute atomic E-state index is 6.70. The maximum Gasteiger partial charge on any atom is 0.231 e. The van der Waals surface area contributed by atoms with Gasteiger partial charge in [0, 0.05) is 23.4 Å². The first-order valence-electron chi connectivity index (χ1n) is 11.6. The summed E-state index contributed by atoms with van der Waals surface area (Å²) in [5.74, 6) is 2.78. The normalized spacial score (nSPS) is 18.4. The largest absolute Gasteiger partial charge is 0.493 e. The van der Waals surface area contributed by atoms with Crippen LogP contribution in [0.15, 0.2) is 24.3 Å². The van der Waals surface area contributed by atoms with E-state index in [0.29, 0.717) is 18.0 Å². The number of hydrogen-bond donors (Lipinski definition) is 0. The molecule has 0 N–H and O–H groups in total. The first-order chi connectivity index (χ1) is 16.4. The third-order valence-electron chi connectivity index (χ3n) is 6.88. The van der Waals surface area contributed by atoms with Crippen molar-refractivity contribution in [2.24, 2.45) is 0 Å². The van der Waals surface area contributed by atoms with Crippen LogP contribution in [0.3, 0.4) is 0 Å². The van der Waals surface area contributed by atoms with E-state index in [4.69, 9.17) is 53.8 Å². The van der Waals surface area contributed by atoms with Crippen molar-refractivity contribution in [3.63, 3.8) is 0 Å². The fourth-order valence-corrected chi connectivity index (χ4v) is 6.11. The molecular formula is C26H28Cl3NO4. The van der Waals surface area contributed by atoms with Crippen molar-refractivity contribution in [1.29, 1.82) is 0 Å². The molecule has 3 aliphatic rings. The second-order valence-electron chi connectivity index (χ2n) is 8.80. The number of fused-ring (bicyclic) bond motifs is 5. The molecule has 0 saturated carbocycles. The van der Waals surface area contributed by atoms with Gasteiger partial charge in [0.1, 0.15) is 6.04 Å². The molecule has 0 amide bonds. The molecule has 0 spiro atoms. The third kappa shape index (κ3) is 3.86. The monoisotopic (exact) mass is 523 g/mol. The average molecular weight is 525 g/mol. The van der Waals surface area contributed by atoms with Gasteiger partial charge in [-0.2, -0.15) is 0 Å². The molecule has 1 atom stereocenters. The Kier molecular flexibility index (Phi) is 6.47. The molecule has 0 fully saturated rings. The maximum atomic E-state index is 6.70. The molecule has 34 heavy (non-hydrogen) atoms. The third-order valence-corrected chi connectivity index (χ3v) is 7.50. The molecule has 0 unspecified atom stereocenters. The number of halogens is 3. The number of benzene rings is 2. The van der Waals surface area contributed by atoms with Crippen LogP contribution in [0, 0.1) is 0 Å². The van der Waals surface area contributed by atoms with Crippen LogP contribution in [0.2, 0.25) is 0 Å². The SMILES string of the molecule is CCCCCC1=C2c3cc4c(cc3CCN2[C@@H](C(Cl)(Cl)Cl)c2c1ccc(OC)c2OC)OCO4. The van der Waals surface area contributed by atoms with Crippen LogP contribution in [0.5, 0.6) is 23.0 Å². The Morgan fingerprint density at radius 2 is 1.79 bits per heavy atom. The van der Waals surface area contributed by atoms with Crippen molar-refractivity contribution in [2.45, 2.75) is 48.9 Å². The van der Waals surface area contributed by atoms with E-state index in [-0.39, 0.29) is 6.79 Å². The highest BCUT2D eigenvalue weighted by atomic mass is 35.6. The summed E-state index contributed by atoms with van der Waals surface area (Å²) in [4.78, 5) is 2.24. The Morgan fingerprint density at radius 1 is 1.03 bits per heavy atom. The van der Waals surface area contributed by atoms with Crippen LogP contribution >= 0.6 is 34.8 Å². The number of alkyl halides is 3. The van der Waals surface area contributed by atoms with E-state index in [1.807, 2.05) is 6.07 Å². The minimum absolute atomic E-state index is 0.237. The number of allylic oxidation sites excluding steroid dienone is 1. The second-order valence-corrected chi connectivity index (χ2v) is 11.2. The van der Waals surface area contributed by atoms with Gasteiger partial charge in [-0.3, -0.25) is 0 Å². The van der Waals surface area contributed by atoms with E-state index in [9.17, 15) is 0 Å². The molecule has 5 nitrogen and oxygen atoms in total. The van der Waals surface area contributed by atoms with Gasteiger partial charge in [-0.05, 0) is 54.2 Å². The van der Waals surface area contributed by atoms with Crippen LogP contribution in [0.1, 0.15) is 60.9 Å². The fourth-order valence-electron chi connectivity index (χ4n) is 5.43. The number of rotatable bonds is 6. The van der Waals surface area contributed by atoms with Crippen molar-refractivity contribution in [1.82, 2.24) is 4.90 Å². The van der Waals surface area contributed by atoms with E-state index >= 15 is 0 Å². The standard InChI is InChI=1S/C26H28Cl3NO4/c1-4-5-6-7-17-16-8-9-19(31-2)24(32-3)22(16)25(26(27,28)29)30-11-10-15-12-20-21(34-14-33-20)13-18(15)23(17)30/h8-9,12-13,25H,4-7,10-11,14H2,1-3H3/t25-/m1/s1. The average Bonchev–Trinajstić information content (AvgIpc) is 3.27. The van der Waals surface area contributed by atoms with Crippen molar-refractivity contribution in [3.05, 3.63) is 46.5 Å². The van der Waals surface area contributed by atoms with E-state index in [1.54, 1.807) is 14.2 Å². The van der Waals surface area contributed by atoms with E-state index in [1.165, 1.54) is 11.1 Å². The number of methoxy groups -OCH3 is 2. The molecule has 3 aliphatic heterocycles. The van der Waals surface area contributed by atoms with Crippen molar-refractivity contribution < 1.29 is 18.9 Å². The highest BCUT2D eigenvalue weighted by Gasteiger charge is 2.48. The Bertz CT molecular complexity index is 1140. The van der Waals surface area contributed by atoms with Gasteiger partial charge in [-0.1, -0.05) is 60.6 Å². The molecule has 0 radical (unpaired) electrons. The number of hydrogen-bond acceptors (Lipinski definition) is 5. The molecule has 0 aliphatic carbocycles. The lowest BCUT2D eigenvalue weighted by Crippen LogP contribution is -2.42. The molecule has 0 saturated heterocycles. The number of ether oxygens (including phenoxy) is 4. The van der Waals surface area contributed by atoms with Gasteiger partial charge in [0.15, 0.2) is 23.0 Å². The molecule has 3 heterocycles. The molecule has 5 rings (SSSR count). The lowest BCUT2D eigenvalue weighted by Gasteiger charge is -2.47. The minimum atomic E-state index is -1.59. The zero-order valence-corrected chi connectivity index (χ0v) is 21.8. The van der Waals surface area contributed by atoms with E-state index < -0.39 is 9.83 Å². The molecule has 2 aromatic carbocycles. The Morgan fingerprint density at radius 3 is 2.47 bits per heavy atom. The fraction of sp³-hybridized carbons (Fsp3) is 0.462. The summed E-state index contributed by atoms with van der Waals surface area (Å²) in [6.07, 6.45) is 5.05. The lowest BCUT2D eigenvalue weighted by molar-refractivity contribution is 0.174. The summed E-state index contributed by atoms with van der Waals surface area (Å²) in [7, 11) is 3.26. The van der Waals surface area contributed by atoms with Gasteiger partial charge in [0.2, 0.25) is 10.6 Å². The molecule has 2 aromatic rings. The summed E-state index contributed by atoms with van der Waals surface area (Å²) < 4.78 is 21.3. The van der Waals surface area contributed by atoms with E-state index in [2.05, 4.69) is 30.0 Å². The zero-order chi connectivity index (χ0) is 24.0. The Labute approximate surface area is 215 Å². The van der Waals surface area contributed by atoms with Crippen molar-refractivity contribution in [2.75, 3.05) is 27.6 Å². The molecule has 0 aromatic heterocycles. The van der Waals surface area contributed by atoms with Gasteiger partial charge in [0.05, 0.1) is 14.2 Å². The summed E-state index contributed by atoms with van der Waals surface area (Å²) in [5, 5.41) is 0.